The topological polar surface area (TPSA) is 44.8 Å². The zero-order chi connectivity index (χ0) is 22.8. The third-order valence-electron chi connectivity index (χ3n) is 5.40. The van der Waals surface area contributed by atoms with Crippen molar-refractivity contribution in [3.8, 4) is 0 Å². The van der Waals surface area contributed by atoms with E-state index in [1.165, 1.54) is 83.5 Å². The maximum atomic E-state index is 11.9. The molecule has 0 saturated heterocycles. The second-order valence-electron chi connectivity index (χ2n) is 8.45. The SMILES string of the molecule is C=CCOC[C@@H](COC(=O)CCCCCCCCCCCCCCCCC)OCC=C. The molecule has 4 nitrogen and oxygen atoms in total. The smallest absolute Gasteiger partial charge is 0.305 e. The van der Waals surface area contributed by atoms with Crippen molar-refractivity contribution >= 4 is 5.97 Å². The van der Waals surface area contributed by atoms with Crippen molar-refractivity contribution in [1.29, 1.82) is 0 Å². The van der Waals surface area contributed by atoms with Gasteiger partial charge in [0.1, 0.15) is 12.7 Å². The van der Waals surface area contributed by atoms with Gasteiger partial charge in [-0.1, -0.05) is 109 Å². The summed E-state index contributed by atoms with van der Waals surface area (Å²) in [6, 6.07) is 0. The van der Waals surface area contributed by atoms with Crippen LogP contribution in [-0.4, -0.2) is 38.5 Å². The van der Waals surface area contributed by atoms with Crippen LogP contribution < -0.4 is 0 Å². The highest BCUT2D eigenvalue weighted by molar-refractivity contribution is 5.69. The summed E-state index contributed by atoms with van der Waals surface area (Å²) in [7, 11) is 0. The molecular formula is C27H50O4. The molecule has 0 N–H and O–H groups in total. The van der Waals surface area contributed by atoms with Gasteiger partial charge < -0.3 is 14.2 Å². The first-order valence-electron chi connectivity index (χ1n) is 12.8. The first-order valence-corrected chi connectivity index (χ1v) is 12.8. The van der Waals surface area contributed by atoms with Gasteiger partial charge in [-0.2, -0.15) is 0 Å². The number of unbranched alkanes of at least 4 members (excludes halogenated alkanes) is 14. The summed E-state index contributed by atoms with van der Waals surface area (Å²) in [5.74, 6) is -0.148. The molecule has 0 fully saturated rings. The fourth-order valence-electron chi connectivity index (χ4n) is 3.53. The summed E-state index contributed by atoms with van der Waals surface area (Å²) in [6.45, 7) is 11.0. The lowest BCUT2D eigenvalue weighted by atomic mass is 10.0. The molecule has 0 aliphatic rings. The Morgan fingerprint density at radius 2 is 1.19 bits per heavy atom. The van der Waals surface area contributed by atoms with Gasteiger partial charge >= 0.3 is 5.97 Å². The molecule has 31 heavy (non-hydrogen) atoms. The quantitative estimate of drug-likeness (QED) is 0.0837. The molecule has 0 aliphatic heterocycles. The van der Waals surface area contributed by atoms with Crippen LogP contribution in [-0.2, 0) is 19.0 Å². The Kier molecular flexibility index (Phi) is 24.2. The minimum absolute atomic E-state index is 0.148. The minimum Gasteiger partial charge on any atom is -0.463 e. The third-order valence-corrected chi connectivity index (χ3v) is 5.40. The van der Waals surface area contributed by atoms with Crippen LogP contribution in [0.2, 0.25) is 0 Å². The van der Waals surface area contributed by atoms with E-state index in [0.717, 1.165) is 12.8 Å². The number of hydrogen-bond donors (Lipinski definition) is 0. The van der Waals surface area contributed by atoms with E-state index >= 15 is 0 Å². The molecule has 0 bridgehead atoms. The van der Waals surface area contributed by atoms with Crippen molar-refractivity contribution in [3.63, 3.8) is 0 Å². The highest BCUT2D eigenvalue weighted by atomic mass is 16.6. The second-order valence-corrected chi connectivity index (χ2v) is 8.45. The van der Waals surface area contributed by atoms with Gasteiger partial charge in [-0.3, -0.25) is 4.79 Å². The van der Waals surface area contributed by atoms with Crippen LogP contribution in [0.25, 0.3) is 0 Å². The van der Waals surface area contributed by atoms with Crippen molar-refractivity contribution in [2.24, 2.45) is 0 Å². The number of carbonyl (C=O) groups is 1. The zero-order valence-corrected chi connectivity index (χ0v) is 20.4. The first kappa shape index (κ1) is 29.9. The Morgan fingerprint density at radius 3 is 1.68 bits per heavy atom. The number of hydrogen-bond acceptors (Lipinski definition) is 4. The highest BCUT2D eigenvalue weighted by Gasteiger charge is 2.12. The molecule has 4 heteroatoms. The maximum Gasteiger partial charge on any atom is 0.305 e. The van der Waals surface area contributed by atoms with Crippen LogP contribution >= 0.6 is 0 Å². The number of ether oxygens (including phenoxy) is 3. The van der Waals surface area contributed by atoms with Crippen LogP contribution in [0.5, 0.6) is 0 Å². The average molecular weight is 439 g/mol. The summed E-state index contributed by atoms with van der Waals surface area (Å²) in [5.41, 5.74) is 0. The second kappa shape index (κ2) is 25.1. The van der Waals surface area contributed by atoms with Gasteiger partial charge in [0.2, 0.25) is 0 Å². The van der Waals surface area contributed by atoms with Gasteiger partial charge in [-0.25, -0.2) is 0 Å². The Bertz CT molecular complexity index is 408. The molecule has 0 aromatic heterocycles. The van der Waals surface area contributed by atoms with Gasteiger partial charge in [0.15, 0.2) is 0 Å². The normalized spacial score (nSPS) is 11.9. The summed E-state index contributed by atoms with van der Waals surface area (Å²) < 4.78 is 16.3. The summed E-state index contributed by atoms with van der Waals surface area (Å²) in [6.07, 6.45) is 23.4. The molecule has 0 aromatic rings. The van der Waals surface area contributed by atoms with Crippen molar-refractivity contribution in [2.75, 3.05) is 26.4 Å². The Balaban J connectivity index is 3.46. The molecule has 0 unspecified atom stereocenters. The van der Waals surface area contributed by atoms with Gasteiger partial charge in [0.05, 0.1) is 19.8 Å². The van der Waals surface area contributed by atoms with Crippen LogP contribution in [0.15, 0.2) is 25.3 Å². The van der Waals surface area contributed by atoms with Crippen molar-refractivity contribution in [2.45, 2.75) is 116 Å². The molecule has 0 heterocycles. The summed E-state index contributed by atoms with van der Waals surface area (Å²) in [4.78, 5) is 11.9. The fraction of sp³-hybridized carbons (Fsp3) is 0.815. The molecule has 0 radical (unpaired) electrons. The predicted molar refractivity (Wildman–Crippen MR) is 131 cm³/mol. The maximum absolute atomic E-state index is 11.9. The van der Waals surface area contributed by atoms with Crippen LogP contribution in [0.1, 0.15) is 110 Å². The molecule has 0 spiro atoms. The fourth-order valence-corrected chi connectivity index (χ4v) is 3.53. The Labute approximate surface area is 192 Å². The number of carbonyl (C=O) groups excluding carboxylic acids is 1. The first-order chi connectivity index (χ1) is 15.2. The molecular weight excluding hydrogens is 388 g/mol. The molecule has 0 aromatic carbocycles. The molecule has 0 rings (SSSR count). The van der Waals surface area contributed by atoms with Gasteiger partial charge in [0.25, 0.3) is 0 Å². The zero-order valence-electron chi connectivity index (χ0n) is 20.4. The highest BCUT2D eigenvalue weighted by Crippen LogP contribution is 2.14. The summed E-state index contributed by atoms with van der Waals surface area (Å²) in [5, 5.41) is 0. The van der Waals surface area contributed by atoms with E-state index in [4.69, 9.17) is 14.2 Å². The van der Waals surface area contributed by atoms with Crippen molar-refractivity contribution in [1.82, 2.24) is 0 Å². The van der Waals surface area contributed by atoms with E-state index in [-0.39, 0.29) is 18.7 Å². The minimum atomic E-state index is -0.261. The monoisotopic (exact) mass is 438 g/mol. The van der Waals surface area contributed by atoms with E-state index in [0.29, 0.717) is 26.2 Å². The van der Waals surface area contributed by atoms with E-state index in [2.05, 4.69) is 20.1 Å². The number of rotatable bonds is 25. The Morgan fingerprint density at radius 1 is 0.710 bits per heavy atom. The Hall–Kier alpha value is -1.13. The van der Waals surface area contributed by atoms with E-state index in [1.54, 1.807) is 12.2 Å². The molecule has 1 atom stereocenters. The predicted octanol–water partition coefficient (Wildman–Crippen LogP) is 7.56. The molecule has 0 aliphatic carbocycles. The third kappa shape index (κ3) is 23.4. The van der Waals surface area contributed by atoms with Crippen LogP contribution in [0.4, 0.5) is 0 Å². The largest absolute Gasteiger partial charge is 0.463 e. The molecule has 182 valence electrons. The molecule has 0 saturated carbocycles. The average Bonchev–Trinajstić information content (AvgIpc) is 2.78. The van der Waals surface area contributed by atoms with E-state index in [1.807, 2.05) is 0 Å². The van der Waals surface area contributed by atoms with Gasteiger partial charge in [-0.15, -0.1) is 13.2 Å². The van der Waals surface area contributed by atoms with Crippen LogP contribution in [0, 0.1) is 0 Å². The molecule has 0 amide bonds. The lowest BCUT2D eigenvalue weighted by Crippen LogP contribution is -2.27. The summed E-state index contributed by atoms with van der Waals surface area (Å²) >= 11 is 0. The standard InChI is InChI=1S/C27H50O4/c1-4-7-8-9-10-11-12-13-14-15-16-17-18-19-20-21-27(28)31-25-26(30-23-6-3)24-29-22-5-2/h5-6,26H,2-4,7-25H2,1H3/t26-/m0/s1. The van der Waals surface area contributed by atoms with Gasteiger partial charge in [-0.05, 0) is 6.42 Å². The van der Waals surface area contributed by atoms with E-state index < -0.39 is 0 Å². The van der Waals surface area contributed by atoms with Gasteiger partial charge in [0, 0.05) is 6.42 Å². The van der Waals surface area contributed by atoms with Crippen molar-refractivity contribution < 1.29 is 19.0 Å². The van der Waals surface area contributed by atoms with E-state index in [9.17, 15) is 4.79 Å². The lowest BCUT2D eigenvalue weighted by Gasteiger charge is -2.17. The number of esters is 1. The van der Waals surface area contributed by atoms with Crippen molar-refractivity contribution in [3.05, 3.63) is 25.3 Å². The lowest BCUT2D eigenvalue weighted by molar-refractivity contribution is -0.149. The van der Waals surface area contributed by atoms with Crippen LogP contribution in [0.3, 0.4) is 0 Å².